The highest BCUT2D eigenvalue weighted by atomic mass is 32.1. The van der Waals surface area contributed by atoms with E-state index in [1.165, 1.54) is 0 Å². The summed E-state index contributed by atoms with van der Waals surface area (Å²) in [5.41, 5.74) is 0.618. The van der Waals surface area contributed by atoms with Crippen LogP contribution < -0.4 is 0 Å². The Hall–Kier alpha value is -1.58. The van der Waals surface area contributed by atoms with Crippen molar-refractivity contribution in [2.45, 2.75) is 24.4 Å². The third-order valence-electron chi connectivity index (χ3n) is 2.81. The van der Waals surface area contributed by atoms with Crippen LogP contribution in [0.3, 0.4) is 0 Å². The molecule has 2 rings (SSSR count). The van der Waals surface area contributed by atoms with Gasteiger partial charge in [-0.25, -0.2) is 9.78 Å². The standard InChI is InChI=1S/C12H13NO6S/c14-7(8(15)10(17)12(18)19)9(16)11-13-5-3-1-2-4-6(5)20-11/h1-4,7-10,14-17H,(H,18,19)/t7-,8-,9-,10-/m0/s1. The molecule has 0 saturated heterocycles. The van der Waals surface area contributed by atoms with E-state index >= 15 is 0 Å². The summed E-state index contributed by atoms with van der Waals surface area (Å²) in [4.78, 5) is 14.6. The lowest BCUT2D eigenvalue weighted by Crippen LogP contribution is -2.44. The van der Waals surface area contributed by atoms with Gasteiger partial charge in [-0.1, -0.05) is 12.1 Å². The van der Waals surface area contributed by atoms with Gasteiger partial charge in [0.25, 0.3) is 0 Å². The molecule has 0 radical (unpaired) electrons. The van der Waals surface area contributed by atoms with E-state index in [9.17, 15) is 20.1 Å². The maximum Gasteiger partial charge on any atom is 0.335 e. The lowest BCUT2D eigenvalue weighted by Gasteiger charge is -2.23. The monoisotopic (exact) mass is 299 g/mol. The number of aliphatic carboxylic acids is 1. The maximum atomic E-state index is 10.5. The summed E-state index contributed by atoms with van der Waals surface area (Å²) in [6.07, 6.45) is -7.65. The predicted molar refractivity (Wildman–Crippen MR) is 70.2 cm³/mol. The summed E-state index contributed by atoms with van der Waals surface area (Å²) >= 11 is 1.11. The molecule has 0 unspecified atom stereocenters. The Labute approximate surface area is 117 Å². The molecule has 8 heteroatoms. The predicted octanol–water partition coefficient (Wildman–Crippen LogP) is -0.503. The Morgan fingerprint density at radius 1 is 1.10 bits per heavy atom. The van der Waals surface area contributed by atoms with Gasteiger partial charge in [-0.15, -0.1) is 11.3 Å². The van der Waals surface area contributed by atoms with Crippen molar-refractivity contribution in [3.05, 3.63) is 29.3 Å². The zero-order valence-electron chi connectivity index (χ0n) is 10.1. The van der Waals surface area contributed by atoms with Crippen molar-refractivity contribution in [1.29, 1.82) is 0 Å². The number of carboxylic acids is 1. The minimum absolute atomic E-state index is 0.135. The van der Waals surface area contributed by atoms with Crippen molar-refractivity contribution in [3.8, 4) is 0 Å². The Bertz CT molecular complexity index is 582. The molecule has 0 fully saturated rings. The van der Waals surface area contributed by atoms with Gasteiger partial charge in [0, 0.05) is 0 Å². The number of aliphatic hydroxyl groups is 4. The molecule has 4 atom stereocenters. The van der Waals surface area contributed by atoms with Crippen molar-refractivity contribution >= 4 is 27.5 Å². The Balaban J connectivity index is 2.21. The first-order valence-electron chi connectivity index (χ1n) is 5.72. The summed E-state index contributed by atoms with van der Waals surface area (Å²) < 4.78 is 0.780. The van der Waals surface area contributed by atoms with E-state index in [0.717, 1.165) is 16.0 Å². The second kappa shape index (κ2) is 5.81. The van der Waals surface area contributed by atoms with Crippen LogP contribution in [0, 0.1) is 0 Å². The number of rotatable bonds is 5. The number of benzene rings is 1. The van der Waals surface area contributed by atoms with Crippen molar-refractivity contribution in [2.24, 2.45) is 0 Å². The number of thiazole rings is 1. The van der Waals surface area contributed by atoms with Gasteiger partial charge in [0.2, 0.25) is 0 Å². The van der Waals surface area contributed by atoms with E-state index in [4.69, 9.17) is 10.2 Å². The lowest BCUT2D eigenvalue weighted by atomic mass is 10.0. The van der Waals surface area contributed by atoms with E-state index < -0.39 is 30.4 Å². The number of aromatic nitrogens is 1. The van der Waals surface area contributed by atoms with Crippen molar-refractivity contribution in [2.75, 3.05) is 0 Å². The summed E-state index contributed by atoms with van der Waals surface area (Å²) in [7, 11) is 0. The Kier molecular flexibility index (Phi) is 4.31. The smallest absolute Gasteiger partial charge is 0.335 e. The van der Waals surface area contributed by atoms with Crippen LogP contribution in [0.1, 0.15) is 11.1 Å². The lowest BCUT2D eigenvalue weighted by molar-refractivity contribution is -0.163. The molecule has 0 amide bonds. The topological polar surface area (TPSA) is 131 Å². The highest BCUT2D eigenvalue weighted by Crippen LogP contribution is 2.29. The summed E-state index contributed by atoms with van der Waals surface area (Å²) in [5, 5.41) is 47.0. The molecule has 0 aliphatic heterocycles. The quantitative estimate of drug-likeness (QED) is 0.503. The van der Waals surface area contributed by atoms with Crippen LogP contribution >= 0.6 is 11.3 Å². The van der Waals surface area contributed by atoms with Gasteiger partial charge in [-0.05, 0) is 12.1 Å². The van der Waals surface area contributed by atoms with E-state index in [0.29, 0.717) is 5.52 Å². The van der Waals surface area contributed by atoms with Crippen LogP contribution in [0.15, 0.2) is 24.3 Å². The van der Waals surface area contributed by atoms with Crippen LogP contribution in [0.5, 0.6) is 0 Å². The fourth-order valence-corrected chi connectivity index (χ4v) is 2.68. The van der Waals surface area contributed by atoms with Crippen molar-refractivity contribution in [1.82, 2.24) is 4.98 Å². The van der Waals surface area contributed by atoms with Crippen molar-refractivity contribution < 1.29 is 30.3 Å². The van der Waals surface area contributed by atoms with Gasteiger partial charge in [-0.3, -0.25) is 0 Å². The number of carboxylic acid groups (broad SMARTS) is 1. The first kappa shape index (κ1) is 14.8. The molecule has 0 saturated carbocycles. The van der Waals surface area contributed by atoms with Gasteiger partial charge in [0.1, 0.15) is 23.3 Å². The summed E-state index contributed by atoms with van der Waals surface area (Å²) in [6, 6.07) is 7.04. The van der Waals surface area contributed by atoms with Gasteiger partial charge < -0.3 is 25.5 Å². The molecule has 7 nitrogen and oxygen atoms in total. The molecule has 0 aliphatic carbocycles. The normalized spacial score (nSPS) is 17.6. The second-order valence-electron chi connectivity index (χ2n) is 4.23. The molecule has 1 heterocycles. The fourth-order valence-electron chi connectivity index (χ4n) is 1.68. The Morgan fingerprint density at radius 2 is 1.75 bits per heavy atom. The molecule has 1 aromatic heterocycles. The number of fused-ring (bicyclic) bond motifs is 1. The number of hydrogen-bond acceptors (Lipinski definition) is 7. The first-order valence-corrected chi connectivity index (χ1v) is 6.54. The van der Waals surface area contributed by atoms with Crippen LogP contribution in [0.2, 0.25) is 0 Å². The van der Waals surface area contributed by atoms with Gasteiger partial charge in [0.15, 0.2) is 6.10 Å². The molecule has 0 aliphatic rings. The summed E-state index contributed by atoms with van der Waals surface area (Å²) in [5.74, 6) is -1.69. The van der Waals surface area contributed by atoms with Crippen LogP contribution in [-0.2, 0) is 4.79 Å². The highest BCUT2D eigenvalue weighted by molar-refractivity contribution is 7.18. The van der Waals surface area contributed by atoms with Gasteiger partial charge in [-0.2, -0.15) is 0 Å². The van der Waals surface area contributed by atoms with E-state index in [1.807, 2.05) is 0 Å². The molecular weight excluding hydrogens is 286 g/mol. The SMILES string of the molecule is O=C(O)[C@@H](O)[C@@H](O)[C@H](O)[C@H](O)c1nc2ccccc2s1. The molecule has 5 N–H and O–H groups in total. The first-order chi connectivity index (χ1) is 9.41. The zero-order valence-corrected chi connectivity index (χ0v) is 10.9. The Morgan fingerprint density at radius 3 is 2.35 bits per heavy atom. The minimum atomic E-state index is -2.19. The second-order valence-corrected chi connectivity index (χ2v) is 5.29. The molecule has 108 valence electrons. The number of aliphatic hydroxyl groups excluding tert-OH is 4. The van der Waals surface area contributed by atoms with Crippen LogP contribution in [0.25, 0.3) is 10.2 Å². The minimum Gasteiger partial charge on any atom is -0.479 e. The fraction of sp³-hybridized carbons (Fsp3) is 0.333. The van der Waals surface area contributed by atoms with Gasteiger partial charge in [0.05, 0.1) is 10.2 Å². The third kappa shape index (κ3) is 2.79. The maximum absolute atomic E-state index is 10.5. The molecule has 20 heavy (non-hydrogen) atoms. The van der Waals surface area contributed by atoms with E-state index in [-0.39, 0.29) is 5.01 Å². The van der Waals surface area contributed by atoms with Gasteiger partial charge >= 0.3 is 5.97 Å². The number of para-hydroxylation sites is 1. The molecule has 0 bridgehead atoms. The zero-order chi connectivity index (χ0) is 14.9. The number of nitrogens with zero attached hydrogens (tertiary/aromatic N) is 1. The number of carbonyl (C=O) groups is 1. The largest absolute Gasteiger partial charge is 0.479 e. The molecule has 0 spiro atoms. The van der Waals surface area contributed by atoms with E-state index in [2.05, 4.69) is 4.98 Å². The third-order valence-corrected chi connectivity index (χ3v) is 3.92. The molecule has 2 aromatic rings. The van der Waals surface area contributed by atoms with E-state index in [1.54, 1.807) is 24.3 Å². The van der Waals surface area contributed by atoms with Crippen LogP contribution in [-0.4, -0.2) is 54.8 Å². The highest BCUT2D eigenvalue weighted by Gasteiger charge is 2.36. The average molecular weight is 299 g/mol. The molecular formula is C12H13NO6S. The van der Waals surface area contributed by atoms with Crippen LogP contribution in [0.4, 0.5) is 0 Å². The number of hydrogen-bond donors (Lipinski definition) is 5. The summed E-state index contributed by atoms with van der Waals surface area (Å²) in [6.45, 7) is 0. The average Bonchev–Trinajstić information content (AvgIpc) is 2.87. The van der Waals surface area contributed by atoms with Crippen molar-refractivity contribution in [3.63, 3.8) is 0 Å². The molecule has 1 aromatic carbocycles.